The highest BCUT2D eigenvalue weighted by Gasteiger charge is 2.45. The Morgan fingerprint density at radius 1 is 1.25 bits per heavy atom. The molecular weight excluding hydrogens is 390 g/mol. The molecule has 4 nitrogen and oxygen atoms in total. The number of ether oxygens (including phenoxy) is 1. The molecule has 0 radical (unpaired) electrons. The minimum absolute atomic E-state index is 0.106. The molecule has 3 heterocycles. The summed E-state index contributed by atoms with van der Waals surface area (Å²) in [5.74, 6) is -0.869. The van der Waals surface area contributed by atoms with Gasteiger partial charge in [-0.15, -0.1) is 11.3 Å². The van der Waals surface area contributed by atoms with E-state index < -0.39 is 5.92 Å². The van der Waals surface area contributed by atoms with Crippen LogP contribution in [0.25, 0.3) is 0 Å². The van der Waals surface area contributed by atoms with Gasteiger partial charge in [0.15, 0.2) is 5.78 Å². The van der Waals surface area contributed by atoms with Crippen molar-refractivity contribution in [2.45, 2.75) is 51.6 Å². The smallest absolute Gasteiger partial charge is 0.315 e. The fourth-order valence-corrected chi connectivity index (χ4v) is 5.73. The van der Waals surface area contributed by atoms with Gasteiger partial charge in [-0.1, -0.05) is 6.07 Å². The Bertz CT molecular complexity index is 939. The van der Waals surface area contributed by atoms with Crippen LogP contribution in [0.3, 0.4) is 0 Å². The van der Waals surface area contributed by atoms with E-state index in [4.69, 9.17) is 9.73 Å². The number of carbonyl (C=O) groups excluding carboxylic acids is 2. The number of esters is 1. The Balaban J connectivity index is 1.77. The lowest BCUT2D eigenvalue weighted by molar-refractivity contribution is -0.150. The van der Waals surface area contributed by atoms with Crippen molar-refractivity contribution in [1.29, 1.82) is 0 Å². The van der Waals surface area contributed by atoms with Gasteiger partial charge < -0.3 is 4.74 Å². The lowest BCUT2D eigenvalue weighted by atomic mass is 9.70. The van der Waals surface area contributed by atoms with Crippen LogP contribution in [0, 0.1) is 5.92 Å². The van der Waals surface area contributed by atoms with Gasteiger partial charge in [-0.2, -0.15) is 11.3 Å². The highest BCUT2D eigenvalue weighted by atomic mass is 32.1. The van der Waals surface area contributed by atoms with Gasteiger partial charge in [0.25, 0.3) is 0 Å². The number of hydrogen-bond donors (Lipinski definition) is 0. The molecule has 1 aliphatic heterocycles. The zero-order valence-electron chi connectivity index (χ0n) is 16.2. The average Bonchev–Trinajstić information content (AvgIpc) is 3.33. The number of hydrogen-bond acceptors (Lipinski definition) is 6. The fourth-order valence-electron chi connectivity index (χ4n) is 4.21. The molecule has 2 aliphatic rings. The summed E-state index contributed by atoms with van der Waals surface area (Å²) in [5, 5.41) is 6.07. The second-order valence-corrected chi connectivity index (χ2v) is 9.41. The molecule has 1 aliphatic carbocycles. The minimum atomic E-state index is -0.544. The van der Waals surface area contributed by atoms with E-state index in [0.29, 0.717) is 12.0 Å². The third-order valence-corrected chi connectivity index (χ3v) is 7.08. The van der Waals surface area contributed by atoms with Crippen LogP contribution in [0.2, 0.25) is 0 Å². The van der Waals surface area contributed by atoms with Gasteiger partial charge in [0, 0.05) is 40.1 Å². The second-order valence-electron chi connectivity index (χ2n) is 7.65. The average molecular weight is 414 g/mol. The van der Waals surface area contributed by atoms with E-state index in [2.05, 4.69) is 6.07 Å². The maximum atomic E-state index is 13.3. The van der Waals surface area contributed by atoms with Gasteiger partial charge in [0.05, 0.1) is 6.10 Å². The lowest BCUT2D eigenvalue weighted by Crippen LogP contribution is -2.38. The van der Waals surface area contributed by atoms with Gasteiger partial charge in [-0.25, -0.2) is 0 Å². The van der Waals surface area contributed by atoms with E-state index in [9.17, 15) is 9.59 Å². The largest absolute Gasteiger partial charge is 0.462 e. The van der Waals surface area contributed by atoms with Gasteiger partial charge in [0.1, 0.15) is 5.92 Å². The van der Waals surface area contributed by atoms with Crippen molar-refractivity contribution in [2.75, 3.05) is 0 Å². The number of thiophene rings is 2. The summed E-state index contributed by atoms with van der Waals surface area (Å²) in [5.41, 5.74) is 3.29. The third-order valence-electron chi connectivity index (χ3n) is 5.34. The van der Waals surface area contributed by atoms with Crippen LogP contribution in [0.15, 0.2) is 50.6 Å². The van der Waals surface area contributed by atoms with Crippen molar-refractivity contribution in [3.05, 3.63) is 56.1 Å². The topological polar surface area (TPSA) is 55.7 Å². The van der Waals surface area contributed by atoms with Crippen LogP contribution >= 0.6 is 22.7 Å². The Kier molecular flexibility index (Phi) is 5.34. The first kappa shape index (κ1) is 19.3. The molecule has 0 spiro atoms. The normalized spacial score (nSPS) is 24.9. The molecule has 4 rings (SSSR count). The first-order valence-corrected chi connectivity index (χ1v) is 11.4. The number of carbonyl (C=O) groups is 2. The van der Waals surface area contributed by atoms with E-state index in [0.717, 1.165) is 23.4 Å². The van der Waals surface area contributed by atoms with Crippen LogP contribution in [0.4, 0.5) is 0 Å². The Labute approximate surface area is 173 Å². The van der Waals surface area contributed by atoms with E-state index in [1.165, 1.54) is 4.88 Å². The SMILES string of the molecule is CC1=NC2=C(C(=O)C[C@@H](c3cccs3)C2)[C@@H](c2ccsc2)C1C(=O)OC(C)C. The highest BCUT2D eigenvalue weighted by molar-refractivity contribution is 7.10. The van der Waals surface area contributed by atoms with Crippen molar-refractivity contribution in [2.24, 2.45) is 10.9 Å². The number of rotatable bonds is 4. The molecule has 0 bridgehead atoms. The predicted octanol–water partition coefficient (Wildman–Crippen LogP) is 5.34. The Hall–Kier alpha value is -2.05. The van der Waals surface area contributed by atoms with Gasteiger partial charge in [-0.05, 0) is 61.0 Å². The molecule has 0 amide bonds. The molecule has 0 fully saturated rings. The van der Waals surface area contributed by atoms with E-state index in [1.54, 1.807) is 22.7 Å². The van der Waals surface area contributed by atoms with Crippen molar-refractivity contribution in [1.82, 2.24) is 0 Å². The lowest BCUT2D eigenvalue weighted by Gasteiger charge is -2.36. The third kappa shape index (κ3) is 3.51. The summed E-state index contributed by atoms with van der Waals surface area (Å²) < 4.78 is 5.53. The van der Waals surface area contributed by atoms with Crippen molar-refractivity contribution in [3.63, 3.8) is 0 Å². The zero-order valence-corrected chi connectivity index (χ0v) is 17.8. The Morgan fingerprint density at radius 3 is 2.71 bits per heavy atom. The summed E-state index contributed by atoms with van der Waals surface area (Å²) in [6, 6.07) is 6.12. The van der Waals surface area contributed by atoms with Gasteiger partial charge in [0.2, 0.25) is 0 Å². The van der Waals surface area contributed by atoms with E-state index in [-0.39, 0.29) is 29.7 Å². The highest BCUT2D eigenvalue weighted by Crippen LogP contribution is 2.47. The molecule has 3 atom stereocenters. The minimum Gasteiger partial charge on any atom is -0.462 e. The Morgan fingerprint density at radius 2 is 2.07 bits per heavy atom. The fraction of sp³-hybridized carbons (Fsp3) is 0.409. The van der Waals surface area contributed by atoms with Crippen LogP contribution in [0.1, 0.15) is 55.9 Å². The first-order valence-electron chi connectivity index (χ1n) is 9.53. The molecule has 28 heavy (non-hydrogen) atoms. The monoisotopic (exact) mass is 413 g/mol. The zero-order chi connectivity index (χ0) is 19.8. The molecule has 2 aromatic heterocycles. The molecule has 0 saturated carbocycles. The number of allylic oxidation sites excluding steroid dienone is 2. The van der Waals surface area contributed by atoms with Crippen LogP contribution in [-0.2, 0) is 14.3 Å². The first-order chi connectivity index (χ1) is 13.5. The van der Waals surface area contributed by atoms with Gasteiger partial charge in [-0.3, -0.25) is 14.6 Å². The van der Waals surface area contributed by atoms with Crippen LogP contribution in [-0.4, -0.2) is 23.6 Å². The van der Waals surface area contributed by atoms with Crippen molar-refractivity contribution >= 4 is 40.1 Å². The second kappa shape index (κ2) is 7.76. The quantitative estimate of drug-likeness (QED) is 0.636. The standard InChI is InChI=1S/C22H23NO3S2/c1-12(2)26-22(25)19-13(3)23-16-9-15(18-5-4-7-28-18)10-17(24)21(16)20(19)14-6-8-27-11-14/h4-8,11-12,15,19-20H,9-10H2,1-3H3/t15-,19?,20-/m0/s1. The summed E-state index contributed by atoms with van der Waals surface area (Å²) in [6.07, 6.45) is 1.01. The predicted molar refractivity (Wildman–Crippen MR) is 113 cm³/mol. The summed E-state index contributed by atoms with van der Waals surface area (Å²) in [7, 11) is 0. The van der Waals surface area contributed by atoms with Crippen LogP contribution < -0.4 is 0 Å². The molecule has 1 unspecified atom stereocenters. The summed E-state index contributed by atoms with van der Waals surface area (Å²) >= 11 is 3.26. The molecule has 0 N–H and O–H groups in total. The molecule has 0 saturated heterocycles. The number of Topliss-reactive ketones (excluding diaryl/α,β-unsaturated/α-hetero) is 1. The number of ketones is 1. The molecular formula is C22H23NO3S2. The van der Waals surface area contributed by atoms with Crippen molar-refractivity contribution in [3.8, 4) is 0 Å². The van der Waals surface area contributed by atoms with Crippen molar-refractivity contribution < 1.29 is 14.3 Å². The molecule has 146 valence electrons. The van der Waals surface area contributed by atoms with E-state index >= 15 is 0 Å². The number of nitrogens with zero attached hydrogens (tertiary/aromatic N) is 1. The molecule has 2 aromatic rings. The van der Waals surface area contributed by atoms with Crippen LogP contribution in [0.5, 0.6) is 0 Å². The summed E-state index contributed by atoms with van der Waals surface area (Å²) in [4.78, 5) is 32.2. The molecule has 0 aromatic carbocycles. The number of aliphatic imine (C=N–C) groups is 1. The van der Waals surface area contributed by atoms with E-state index in [1.807, 2.05) is 49.0 Å². The maximum absolute atomic E-state index is 13.3. The summed E-state index contributed by atoms with van der Waals surface area (Å²) in [6.45, 7) is 5.57. The van der Waals surface area contributed by atoms with Gasteiger partial charge >= 0.3 is 5.97 Å². The molecule has 6 heteroatoms. The maximum Gasteiger partial charge on any atom is 0.315 e.